The molecule has 9 nitrogen and oxygen atoms in total. The number of primary sulfonamides is 1. The van der Waals surface area contributed by atoms with Crippen LogP contribution >= 0.6 is 11.6 Å². The predicted octanol–water partition coefficient (Wildman–Crippen LogP) is 3.48. The number of hydrogen-bond acceptors (Lipinski definition) is 6. The molecule has 11 heteroatoms. The van der Waals surface area contributed by atoms with Gasteiger partial charge in [-0.2, -0.15) is 0 Å². The van der Waals surface area contributed by atoms with Crippen LogP contribution in [0.4, 0.5) is 11.4 Å². The fraction of sp³-hybridized carbons (Fsp3) is 0.136. The van der Waals surface area contributed by atoms with Gasteiger partial charge in [0, 0.05) is 29.7 Å². The van der Waals surface area contributed by atoms with Gasteiger partial charge in [-0.25, -0.2) is 13.6 Å². The van der Waals surface area contributed by atoms with E-state index in [0.717, 1.165) is 11.1 Å². The molecule has 0 heterocycles. The van der Waals surface area contributed by atoms with Gasteiger partial charge in [0.25, 0.3) is 11.6 Å². The quantitative estimate of drug-likeness (QED) is 0.310. The number of amides is 1. The minimum atomic E-state index is -3.76. The number of sulfonamides is 1. The van der Waals surface area contributed by atoms with Crippen molar-refractivity contribution in [2.75, 3.05) is 11.9 Å². The highest BCUT2D eigenvalue weighted by atomic mass is 35.5. The van der Waals surface area contributed by atoms with E-state index in [-0.39, 0.29) is 34.9 Å². The number of benzene rings is 3. The summed E-state index contributed by atoms with van der Waals surface area (Å²) in [6.07, 6.45) is 0.441. The van der Waals surface area contributed by atoms with Crippen molar-refractivity contribution < 1.29 is 18.1 Å². The van der Waals surface area contributed by atoms with E-state index in [1.807, 2.05) is 12.1 Å². The van der Waals surface area contributed by atoms with Crippen molar-refractivity contribution >= 4 is 38.9 Å². The maximum atomic E-state index is 12.5. The van der Waals surface area contributed by atoms with Gasteiger partial charge in [0.1, 0.15) is 5.69 Å². The van der Waals surface area contributed by atoms with Crippen LogP contribution < -0.4 is 15.8 Å². The maximum Gasteiger partial charge on any atom is 0.293 e. The van der Waals surface area contributed by atoms with Crippen LogP contribution in [0.3, 0.4) is 0 Å². The van der Waals surface area contributed by atoms with Crippen LogP contribution in [0.5, 0.6) is 0 Å². The van der Waals surface area contributed by atoms with Gasteiger partial charge in [0.05, 0.1) is 9.82 Å². The summed E-state index contributed by atoms with van der Waals surface area (Å²) in [6, 6.07) is 17.3. The van der Waals surface area contributed by atoms with Crippen LogP contribution in [0.1, 0.15) is 21.5 Å². The van der Waals surface area contributed by atoms with Crippen molar-refractivity contribution in [2.45, 2.75) is 17.9 Å². The number of nitrogens with two attached hydrogens (primary N) is 1. The number of anilines is 1. The van der Waals surface area contributed by atoms with E-state index in [1.54, 1.807) is 24.3 Å². The van der Waals surface area contributed by atoms with Crippen molar-refractivity contribution in [3.8, 4) is 0 Å². The van der Waals surface area contributed by atoms with E-state index in [2.05, 4.69) is 10.6 Å². The van der Waals surface area contributed by atoms with Crippen LogP contribution in [-0.4, -0.2) is 25.8 Å². The SMILES string of the molecule is NS(=O)(=O)c1ccc(CCNC(=O)c2ccc(NCc3ccccc3Cl)c([N+](=O)[O-])c2)cc1. The summed E-state index contributed by atoms with van der Waals surface area (Å²) in [6.45, 7) is 0.546. The molecular weight excluding hydrogens is 468 g/mol. The van der Waals surface area contributed by atoms with Gasteiger partial charge in [-0.05, 0) is 47.9 Å². The molecule has 0 aromatic heterocycles. The molecule has 0 saturated carbocycles. The monoisotopic (exact) mass is 488 g/mol. The molecule has 0 unspecified atom stereocenters. The smallest absolute Gasteiger partial charge is 0.293 e. The zero-order valence-corrected chi connectivity index (χ0v) is 18.9. The minimum Gasteiger partial charge on any atom is -0.375 e. The van der Waals surface area contributed by atoms with Gasteiger partial charge in [-0.3, -0.25) is 14.9 Å². The first-order chi connectivity index (χ1) is 15.6. The standard InChI is InChI=1S/C22H21ClN4O5S/c23-19-4-2-1-3-17(19)14-26-20-10-7-16(13-21(20)27(29)30)22(28)25-12-11-15-5-8-18(9-6-15)33(24,31)32/h1-10,13,26H,11-12,14H2,(H,25,28)(H2,24,31,32). The molecule has 0 spiro atoms. The summed E-state index contributed by atoms with van der Waals surface area (Å²) in [5, 5.41) is 22.8. The highest BCUT2D eigenvalue weighted by Gasteiger charge is 2.18. The second kappa shape index (κ2) is 10.4. The predicted molar refractivity (Wildman–Crippen MR) is 126 cm³/mol. The lowest BCUT2D eigenvalue weighted by Crippen LogP contribution is -2.25. The van der Waals surface area contributed by atoms with E-state index >= 15 is 0 Å². The summed E-state index contributed by atoms with van der Waals surface area (Å²) >= 11 is 6.12. The number of nitrogens with zero attached hydrogens (tertiary/aromatic N) is 1. The fourth-order valence-electron chi connectivity index (χ4n) is 3.07. The molecule has 0 aliphatic rings. The van der Waals surface area contributed by atoms with Gasteiger partial charge in [-0.1, -0.05) is 41.9 Å². The first-order valence-corrected chi connectivity index (χ1v) is 11.7. The average Bonchev–Trinajstić information content (AvgIpc) is 2.78. The number of rotatable bonds is 9. The molecule has 0 bridgehead atoms. The largest absolute Gasteiger partial charge is 0.375 e. The number of carbonyl (C=O) groups is 1. The van der Waals surface area contributed by atoms with Crippen LogP contribution in [0, 0.1) is 10.1 Å². The van der Waals surface area contributed by atoms with E-state index < -0.39 is 20.9 Å². The number of nitrogens with one attached hydrogen (secondary N) is 2. The molecule has 0 saturated heterocycles. The topological polar surface area (TPSA) is 144 Å². The summed E-state index contributed by atoms with van der Waals surface area (Å²) < 4.78 is 22.6. The van der Waals surface area contributed by atoms with E-state index in [4.69, 9.17) is 16.7 Å². The van der Waals surface area contributed by atoms with Gasteiger partial charge in [0.15, 0.2) is 0 Å². The summed E-state index contributed by atoms with van der Waals surface area (Å²) in [5.74, 6) is -0.461. The Morgan fingerprint density at radius 3 is 2.39 bits per heavy atom. The maximum absolute atomic E-state index is 12.5. The van der Waals surface area contributed by atoms with Crippen molar-refractivity contribution in [3.05, 3.63) is 98.6 Å². The van der Waals surface area contributed by atoms with Crippen molar-refractivity contribution in [3.63, 3.8) is 0 Å². The molecule has 0 aliphatic carbocycles. The van der Waals surface area contributed by atoms with Crippen LogP contribution in [0.25, 0.3) is 0 Å². The third kappa shape index (κ3) is 6.51. The number of nitro groups is 1. The Hall–Kier alpha value is -3.47. The molecule has 0 aliphatic heterocycles. The number of halogens is 1. The van der Waals surface area contributed by atoms with Crippen LogP contribution in [-0.2, 0) is 23.0 Å². The molecule has 172 valence electrons. The second-order valence-electron chi connectivity index (χ2n) is 7.13. The van der Waals surface area contributed by atoms with Gasteiger partial charge >= 0.3 is 0 Å². The highest BCUT2D eigenvalue weighted by Crippen LogP contribution is 2.27. The van der Waals surface area contributed by atoms with Crippen molar-refractivity contribution in [1.29, 1.82) is 0 Å². The number of nitro benzene ring substituents is 1. The zero-order chi connectivity index (χ0) is 24.0. The van der Waals surface area contributed by atoms with Crippen molar-refractivity contribution in [2.24, 2.45) is 5.14 Å². The number of carbonyl (C=O) groups excluding carboxylic acids is 1. The Kier molecular flexibility index (Phi) is 7.64. The van der Waals surface area contributed by atoms with Gasteiger partial charge < -0.3 is 10.6 Å². The molecule has 3 rings (SSSR count). The molecule has 0 fully saturated rings. The Morgan fingerprint density at radius 1 is 1.06 bits per heavy atom. The van der Waals surface area contributed by atoms with Crippen LogP contribution in [0.15, 0.2) is 71.6 Å². The fourth-order valence-corrected chi connectivity index (χ4v) is 3.79. The first-order valence-electron chi connectivity index (χ1n) is 9.81. The summed E-state index contributed by atoms with van der Waals surface area (Å²) in [4.78, 5) is 23.4. The highest BCUT2D eigenvalue weighted by molar-refractivity contribution is 7.89. The Balaban J connectivity index is 1.62. The lowest BCUT2D eigenvalue weighted by atomic mass is 10.1. The minimum absolute atomic E-state index is 0.00540. The number of hydrogen-bond donors (Lipinski definition) is 3. The first kappa shape index (κ1) is 24.2. The lowest BCUT2D eigenvalue weighted by molar-refractivity contribution is -0.384. The Morgan fingerprint density at radius 2 is 1.76 bits per heavy atom. The summed E-state index contributed by atoms with van der Waals surface area (Å²) in [5.41, 5.74) is 1.77. The Bertz CT molecular complexity index is 1280. The molecule has 33 heavy (non-hydrogen) atoms. The molecule has 1 amide bonds. The third-order valence-corrected chi connectivity index (χ3v) is 6.13. The van der Waals surface area contributed by atoms with E-state index in [0.29, 0.717) is 11.4 Å². The average molecular weight is 489 g/mol. The van der Waals surface area contributed by atoms with E-state index in [9.17, 15) is 23.3 Å². The molecule has 4 N–H and O–H groups in total. The Labute approximate surface area is 195 Å². The van der Waals surface area contributed by atoms with Gasteiger partial charge in [0.2, 0.25) is 10.0 Å². The zero-order valence-electron chi connectivity index (χ0n) is 17.3. The third-order valence-electron chi connectivity index (χ3n) is 4.83. The molecule has 3 aromatic rings. The lowest BCUT2D eigenvalue weighted by Gasteiger charge is -2.10. The second-order valence-corrected chi connectivity index (χ2v) is 9.10. The normalized spacial score (nSPS) is 11.1. The molecule has 3 aromatic carbocycles. The van der Waals surface area contributed by atoms with Crippen molar-refractivity contribution in [1.82, 2.24) is 5.32 Å². The molecular formula is C22H21ClN4O5S. The molecule has 0 atom stereocenters. The summed E-state index contributed by atoms with van der Waals surface area (Å²) in [7, 11) is -3.76. The van der Waals surface area contributed by atoms with Gasteiger partial charge in [-0.15, -0.1) is 0 Å². The van der Waals surface area contributed by atoms with Crippen LogP contribution in [0.2, 0.25) is 5.02 Å². The van der Waals surface area contributed by atoms with E-state index in [1.165, 1.54) is 30.3 Å². The molecule has 0 radical (unpaired) electrons.